The molecule has 0 radical (unpaired) electrons. The second kappa shape index (κ2) is 20.4. The van der Waals surface area contributed by atoms with Crippen molar-refractivity contribution in [2.75, 3.05) is 26.3 Å². The van der Waals surface area contributed by atoms with E-state index in [9.17, 15) is 19.2 Å². The molecule has 8 N–H and O–H groups in total. The Labute approximate surface area is 279 Å². The molecule has 1 fully saturated rings. The highest BCUT2D eigenvalue weighted by Gasteiger charge is 2.31. The van der Waals surface area contributed by atoms with Crippen molar-refractivity contribution in [1.29, 1.82) is 0 Å². The van der Waals surface area contributed by atoms with Crippen molar-refractivity contribution < 1.29 is 23.9 Å². The predicted octanol–water partition coefficient (Wildman–Crippen LogP) is 1.97. The highest BCUT2D eigenvalue weighted by molar-refractivity contribution is 5.95. The van der Waals surface area contributed by atoms with Gasteiger partial charge in [-0.05, 0) is 74.5 Å². The lowest BCUT2D eigenvalue weighted by Gasteiger charge is -2.27. The quantitative estimate of drug-likeness (QED) is 0.126. The molecule has 11 heteroatoms. The summed E-state index contributed by atoms with van der Waals surface area (Å²) in [6, 6.07) is 15.3. The monoisotopic (exact) mass is 650 g/mol. The topological polar surface area (TPSA) is 178 Å². The molecule has 3 rings (SSSR count). The van der Waals surface area contributed by atoms with Crippen LogP contribution in [0, 0.1) is 11.8 Å². The van der Waals surface area contributed by atoms with Gasteiger partial charge >= 0.3 is 0 Å². The Morgan fingerprint density at radius 1 is 0.745 bits per heavy atom. The van der Waals surface area contributed by atoms with Gasteiger partial charge in [-0.15, -0.1) is 0 Å². The first kappa shape index (κ1) is 37.7. The Kier molecular flexibility index (Phi) is 16.4. The van der Waals surface area contributed by atoms with Crippen molar-refractivity contribution in [2.24, 2.45) is 23.3 Å². The predicted molar refractivity (Wildman–Crippen MR) is 183 cm³/mol. The molecule has 2 aromatic rings. The Balaban J connectivity index is 1.72. The number of hydrogen-bond acceptors (Lipinski definition) is 7. The third kappa shape index (κ3) is 13.8. The molecule has 0 aromatic heterocycles. The van der Waals surface area contributed by atoms with E-state index in [-0.39, 0.29) is 18.2 Å². The molecule has 1 aliphatic heterocycles. The van der Waals surface area contributed by atoms with E-state index in [4.69, 9.17) is 16.2 Å². The fourth-order valence-electron chi connectivity index (χ4n) is 5.63. The van der Waals surface area contributed by atoms with Crippen molar-refractivity contribution in [1.82, 2.24) is 21.3 Å². The van der Waals surface area contributed by atoms with E-state index in [1.54, 1.807) is 0 Å². The molecule has 47 heavy (non-hydrogen) atoms. The molecule has 0 saturated carbocycles. The lowest BCUT2D eigenvalue weighted by atomic mass is 9.99. The van der Waals surface area contributed by atoms with E-state index in [1.165, 1.54) is 0 Å². The van der Waals surface area contributed by atoms with Crippen LogP contribution in [0.5, 0.6) is 0 Å². The van der Waals surface area contributed by atoms with Crippen LogP contribution >= 0.6 is 0 Å². The molecule has 0 aliphatic carbocycles. The summed E-state index contributed by atoms with van der Waals surface area (Å²) < 4.78 is 5.42. The number of hydrogen-bond donors (Lipinski definition) is 6. The van der Waals surface area contributed by atoms with Crippen molar-refractivity contribution in [2.45, 2.75) is 89.4 Å². The molecule has 0 unspecified atom stereocenters. The number of ether oxygens (including phenoxy) is 1. The Bertz CT molecular complexity index is 1240. The summed E-state index contributed by atoms with van der Waals surface area (Å²) in [5.41, 5.74) is 13.7. The lowest BCUT2D eigenvalue weighted by Crippen LogP contribution is -2.58. The van der Waals surface area contributed by atoms with Crippen molar-refractivity contribution in [3.8, 4) is 0 Å². The highest BCUT2D eigenvalue weighted by Crippen LogP contribution is 2.14. The number of carbonyl (C=O) groups is 4. The fourth-order valence-corrected chi connectivity index (χ4v) is 5.63. The van der Waals surface area contributed by atoms with Crippen LogP contribution < -0.4 is 32.7 Å². The smallest absolute Gasteiger partial charge is 0.243 e. The summed E-state index contributed by atoms with van der Waals surface area (Å²) in [4.78, 5) is 54.0. The Morgan fingerprint density at radius 3 is 1.89 bits per heavy atom. The van der Waals surface area contributed by atoms with Crippen molar-refractivity contribution in [3.63, 3.8) is 0 Å². The van der Waals surface area contributed by atoms with Gasteiger partial charge in [0.2, 0.25) is 23.6 Å². The van der Waals surface area contributed by atoms with Crippen LogP contribution in [0.3, 0.4) is 0 Å². The molecule has 0 spiro atoms. The van der Waals surface area contributed by atoms with Gasteiger partial charge in [0.1, 0.15) is 18.1 Å². The Morgan fingerprint density at radius 2 is 1.30 bits per heavy atom. The fraction of sp³-hybridized carbons (Fsp3) is 0.556. The molecule has 1 saturated heterocycles. The first-order chi connectivity index (χ1) is 22.7. The van der Waals surface area contributed by atoms with Crippen LogP contribution in [0.4, 0.5) is 0 Å². The minimum atomic E-state index is -0.975. The molecule has 258 valence electrons. The van der Waals surface area contributed by atoms with E-state index in [2.05, 4.69) is 21.3 Å². The maximum absolute atomic E-state index is 13.8. The van der Waals surface area contributed by atoms with Gasteiger partial charge in [-0.2, -0.15) is 0 Å². The second-order valence-corrected chi connectivity index (χ2v) is 12.9. The first-order valence-corrected chi connectivity index (χ1v) is 17.0. The van der Waals surface area contributed by atoms with Crippen LogP contribution in [-0.4, -0.2) is 74.1 Å². The molecule has 4 atom stereocenters. The van der Waals surface area contributed by atoms with Crippen molar-refractivity contribution >= 4 is 23.6 Å². The summed E-state index contributed by atoms with van der Waals surface area (Å²) in [6.07, 6.45) is 4.44. The molecule has 4 amide bonds. The van der Waals surface area contributed by atoms with E-state index in [1.807, 2.05) is 74.5 Å². The number of rotatable bonds is 19. The second-order valence-electron chi connectivity index (χ2n) is 12.9. The van der Waals surface area contributed by atoms with E-state index >= 15 is 0 Å². The number of amides is 4. The number of unbranched alkanes of at least 4 members (excludes halogenated alkanes) is 1. The van der Waals surface area contributed by atoms with Crippen molar-refractivity contribution in [3.05, 3.63) is 71.8 Å². The normalized spacial score (nSPS) is 16.0. The molecule has 2 aromatic carbocycles. The minimum absolute atomic E-state index is 0.0607. The third-order valence-electron chi connectivity index (χ3n) is 8.38. The van der Waals surface area contributed by atoms with Crippen LogP contribution in [0.1, 0.15) is 63.5 Å². The summed E-state index contributed by atoms with van der Waals surface area (Å²) in [6.45, 7) is 6.27. The molecule has 1 heterocycles. The zero-order chi connectivity index (χ0) is 34.0. The number of nitrogens with one attached hydrogen (secondary N) is 4. The zero-order valence-electron chi connectivity index (χ0n) is 27.9. The zero-order valence-corrected chi connectivity index (χ0v) is 27.9. The largest absolute Gasteiger partial charge is 0.381 e. The number of nitrogens with two attached hydrogens (primary N) is 2. The van der Waals surface area contributed by atoms with Gasteiger partial charge in [0, 0.05) is 26.2 Å². The SMILES string of the molecule is CC(C)C[C@@H](NC(=O)[C@@H](Cc1ccccc1)NC(=O)[C@H](N)Cc1ccccc1)C(=O)N[C@H](CCCCN)C(=O)NCC1CCOCC1. The number of carbonyl (C=O) groups excluding carboxylic acids is 4. The van der Waals surface area contributed by atoms with Gasteiger partial charge in [-0.1, -0.05) is 74.5 Å². The maximum Gasteiger partial charge on any atom is 0.243 e. The average Bonchev–Trinajstić information content (AvgIpc) is 3.07. The summed E-state index contributed by atoms with van der Waals surface area (Å²) in [5, 5.41) is 11.6. The summed E-state index contributed by atoms with van der Waals surface area (Å²) in [7, 11) is 0. The Hall–Kier alpha value is -3.80. The lowest BCUT2D eigenvalue weighted by molar-refractivity contribution is -0.134. The molecular formula is C36H54N6O5. The van der Waals surface area contributed by atoms with Gasteiger partial charge in [-0.25, -0.2) is 0 Å². The van der Waals surface area contributed by atoms with Gasteiger partial charge in [0.25, 0.3) is 0 Å². The van der Waals surface area contributed by atoms with Gasteiger partial charge in [-0.3, -0.25) is 19.2 Å². The molecular weight excluding hydrogens is 596 g/mol. The van der Waals surface area contributed by atoms with Gasteiger partial charge in [0.05, 0.1) is 6.04 Å². The molecule has 0 bridgehead atoms. The van der Waals surface area contributed by atoms with E-state index < -0.39 is 41.9 Å². The van der Waals surface area contributed by atoms with Crippen LogP contribution in [-0.2, 0) is 36.8 Å². The standard InChI is InChI=1S/C36H54N6O5/c1-25(2)21-31(35(45)40-30(15-9-10-18-37)34(44)39-24-28-16-19-47-20-17-28)42-36(46)32(23-27-13-7-4-8-14-27)41-33(43)29(38)22-26-11-5-3-6-12-26/h3-8,11-14,25,28-32H,9-10,15-24,37-38H2,1-2H3,(H,39,44)(H,40,45)(H,41,43)(H,42,46)/t29-,30-,31-,32-/m1/s1. The molecule has 1 aliphatic rings. The third-order valence-corrected chi connectivity index (χ3v) is 8.38. The average molecular weight is 651 g/mol. The van der Waals surface area contributed by atoms with Crippen LogP contribution in [0.25, 0.3) is 0 Å². The van der Waals surface area contributed by atoms with E-state index in [0.717, 1.165) is 30.4 Å². The van der Waals surface area contributed by atoms with Crippen LogP contribution in [0.2, 0.25) is 0 Å². The van der Waals surface area contributed by atoms with E-state index in [0.29, 0.717) is 57.9 Å². The van der Waals surface area contributed by atoms with Gasteiger partial charge in [0.15, 0.2) is 0 Å². The minimum Gasteiger partial charge on any atom is -0.381 e. The number of benzene rings is 2. The first-order valence-electron chi connectivity index (χ1n) is 17.0. The highest BCUT2D eigenvalue weighted by atomic mass is 16.5. The summed E-state index contributed by atoms with van der Waals surface area (Å²) in [5.74, 6) is -1.27. The maximum atomic E-state index is 13.8. The summed E-state index contributed by atoms with van der Waals surface area (Å²) >= 11 is 0. The molecule has 11 nitrogen and oxygen atoms in total. The van der Waals surface area contributed by atoms with Crippen LogP contribution in [0.15, 0.2) is 60.7 Å². The van der Waals surface area contributed by atoms with Gasteiger partial charge < -0.3 is 37.5 Å².